The number of hydrogen-bond donors (Lipinski definition) is 0. The lowest BCUT2D eigenvalue weighted by atomic mass is 10.2. The molecule has 2 aromatic rings. The number of para-hydroxylation sites is 1. The van der Waals surface area contributed by atoms with Gasteiger partial charge in [0.25, 0.3) is 0 Å². The molecule has 0 saturated heterocycles. The van der Waals surface area contributed by atoms with Crippen LogP contribution in [0.3, 0.4) is 0 Å². The first-order valence-corrected chi connectivity index (χ1v) is 5.75. The number of methoxy groups -OCH3 is 1. The number of benzene rings is 1. The predicted octanol–water partition coefficient (Wildman–Crippen LogP) is 2.86. The molecule has 0 aliphatic carbocycles. The van der Waals surface area contributed by atoms with Gasteiger partial charge in [-0.2, -0.15) is 0 Å². The summed E-state index contributed by atoms with van der Waals surface area (Å²) in [6, 6.07) is 7.71. The first kappa shape index (κ1) is 10.7. The Kier molecular flexibility index (Phi) is 3.23. The van der Waals surface area contributed by atoms with Crippen molar-refractivity contribution in [3.8, 4) is 17.6 Å². The molecule has 2 rings (SSSR count). The Morgan fingerprint density at radius 3 is 2.75 bits per heavy atom. The highest BCUT2D eigenvalue weighted by atomic mass is 32.1. The van der Waals surface area contributed by atoms with Crippen molar-refractivity contribution in [1.29, 1.82) is 0 Å². The van der Waals surface area contributed by atoms with Gasteiger partial charge in [0.1, 0.15) is 11.4 Å². The molecule has 1 aromatic carbocycles. The highest BCUT2D eigenvalue weighted by Gasteiger charge is 1.97. The maximum atomic E-state index is 5.22. The SMILES string of the molecule is COc1ccccc1C#Cc1csc(C)n1. The summed E-state index contributed by atoms with van der Waals surface area (Å²) in [7, 11) is 1.65. The summed E-state index contributed by atoms with van der Waals surface area (Å²) in [5, 5.41) is 2.99. The van der Waals surface area contributed by atoms with Gasteiger partial charge in [0.05, 0.1) is 17.7 Å². The standard InChI is InChI=1S/C13H11NOS/c1-10-14-12(9-16-10)8-7-11-5-3-4-6-13(11)15-2/h3-6,9H,1-2H3. The van der Waals surface area contributed by atoms with E-state index in [2.05, 4.69) is 16.8 Å². The van der Waals surface area contributed by atoms with Gasteiger partial charge in [-0.1, -0.05) is 18.1 Å². The Labute approximate surface area is 98.9 Å². The Morgan fingerprint density at radius 1 is 1.25 bits per heavy atom. The largest absolute Gasteiger partial charge is 0.495 e. The topological polar surface area (TPSA) is 22.1 Å². The Morgan fingerprint density at radius 2 is 2.06 bits per heavy atom. The van der Waals surface area contributed by atoms with Crippen LogP contribution in [0.1, 0.15) is 16.3 Å². The van der Waals surface area contributed by atoms with Crippen LogP contribution < -0.4 is 4.74 Å². The summed E-state index contributed by atoms with van der Waals surface area (Å²) in [5.74, 6) is 6.88. The minimum Gasteiger partial charge on any atom is -0.495 e. The molecule has 0 fully saturated rings. The van der Waals surface area contributed by atoms with Gasteiger partial charge in [0.2, 0.25) is 0 Å². The third-order valence-electron chi connectivity index (χ3n) is 2.05. The number of nitrogens with zero attached hydrogens (tertiary/aromatic N) is 1. The van der Waals surface area contributed by atoms with Gasteiger partial charge < -0.3 is 4.74 Å². The molecule has 80 valence electrons. The summed E-state index contributed by atoms with van der Waals surface area (Å²) >= 11 is 1.60. The molecule has 0 spiro atoms. The zero-order chi connectivity index (χ0) is 11.4. The fraction of sp³-hybridized carbons (Fsp3) is 0.154. The van der Waals surface area contributed by atoms with Crippen LogP contribution in [0.4, 0.5) is 0 Å². The van der Waals surface area contributed by atoms with Crippen LogP contribution in [0.2, 0.25) is 0 Å². The molecule has 1 heterocycles. The van der Waals surface area contributed by atoms with E-state index in [0.717, 1.165) is 22.0 Å². The van der Waals surface area contributed by atoms with Gasteiger partial charge in [0, 0.05) is 5.38 Å². The summed E-state index contributed by atoms with van der Waals surface area (Å²) in [6.45, 7) is 1.97. The van der Waals surface area contributed by atoms with Gasteiger partial charge in [-0.3, -0.25) is 0 Å². The average Bonchev–Trinajstić information content (AvgIpc) is 2.73. The zero-order valence-corrected chi connectivity index (χ0v) is 9.97. The fourth-order valence-electron chi connectivity index (χ4n) is 1.30. The van der Waals surface area contributed by atoms with E-state index in [1.54, 1.807) is 18.4 Å². The molecule has 0 atom stereocenters. The van der Waals surface area contributed by atoms with Gasteiger partial charge >= 0.3 is 0 Å². The first-order chi connectivity index (χ1) is 7.79. The van der Waals surface area contributed by atoms with E-state index >= 15 is 0 Å². The van der Waals surface area contributed by atoms with Crippen molar-refractivity contribution in [2.24, 2.45) is 0 Å². The molecule has 2 nitrogen and oxygen atoms in total. The molecule has 0 bridgehead atoms. The molecule has 0 unspecified atom stereocenters. The molecule has 3 heteroatoms. The van der Waals surface area contributed by atoms with Gasteiger partial charge in [-0.15, -0.1) is 11.3 Å². The summed E-state index contributed by atoms with van der Waals surface area (Å²) in [6.07, 6.45) is 0. The van der Waals surface area contributed by atoms with E-state index in [1.165, 1.54) is 0 Å². The minimum atomic E-state index is 0.793. The maximum Gasteiger partial charge on any atom is 0.134 e. The molecule has 16 heavy (non-hydrogen) atoms. The van der Waals surface area contributed by atoms with Crippen molar-refractivity contribution in [1.82, 2.24) is 4.98 Å². The summed E-state index contributed by atoms with van der Waals surface area (Å²) < 4.78 is 5.22. The second-order valence-electron chi connectivity index (χ2n) is 3.20. The van der Waals surface area contributed by atoms with Crippen molar-refractivity contribution in [2.45, 2.75) is 6.92 Å². The molecule has 0 radical (unpaired) electrons. The Bertz CT molecular complexity index is 548. The third-order valence-corrected chi connectivity index (χ3v) is 2.82. The van der Waals surface area contributed by atoms with E-state index < -0.39 is 0 Å². The lowest BCUT2D eigenvalue weighted by Crippen LogP contribution is -1.86. The van der Waals surface area contributed by atoms with Crippen molar-refractivity contribution in [2.75, 3.05) is 7.11 Å². The molecular weight excluding hydrogens is 218 g/mol. The monoisotopic (exact) mass is 229 g/mol. The minimum absolute atomic E-state index is 0.793. The highest BCUT2D eigenvalue weighted by Crippen LogP contribution is 2.16. The first-order valence-electron chi connectivity index (χ1n) is 4.87. The van der Waals surface area contributed by atoms with E-state index in [-0.39, 0.29) is 0 Å². The van der Waals surface area contributed by atoms with Crippen molar-refractivity contribution in [3.63, 3.8) is 0 Å². The fourth-order valence-corrected chi connectivity index (χ4v) is 1.84. The lowest BCUT2D eigenvalue weighted by molar-refractivity contribution is 0.413. The quantitative estimate of drug-likeness (QED) is 0.701. The second-order valence-corrected chi connectivity index (χ2v) is 4.26. The number of thiazole rings is 1. The molecule has 0 aliphatic heterocycles. The van der Waals surface area contributed by atoms with E-state index in [0.29, 0.717) is 0 Å². The van der Waals surface area contributed by atoms with Crippen LogP contribution in [0.5, 0.6) is 5.75 Å². The smallest absolute Gasteiger partial charge is 0.134 e. The van der Waals surface area contributed by atoms with Crippen molar-refractivity contribution >= 4 is 11.3 Å². The Hall–Kier alpha value is -1.79. The van der Waals surface area contributed by atoms with Crippen LogP contribution in [0.15, 0.2) is 29.6 Å². The zero-order valence-electron chi connectivity index (χ0n) is 9.15. The lowest BCUT2D eigenvalue weighted by Gasteiger charge is -2.00. The van der Waals surface area contributed by atoms with Crippen molar-refractivity contribution in [3.05, 3.63) is 45.9 Å². The Balaban J connectivity index is 2.30. The second kappa shape index (κ2) is 4.82. The van der Waals surface area contributed by atoms with Gasteiger partial charge in [-0.25, -0.2) is 4.98 Å². The third kappa shape index (κ3) is 2.41. The molecule has 0 N–H and O–H groups in total. The number of ether oxygens (including phenoxy) is 1. The summed E-state index contributed by atoms with van der Waals surface area (Å²) in [4.78, 5) is 4.29. The van der Waals surface area contributed by atoms with Crippen molar-refractivity contribution < 1.29 is 4.74 Å². The average molecular weight is 229 g/mol. The molecule has 0 saturated carbocycles. The van der Waals surface area contributed by atoms with Gasteiger partial charge in [0.15, 0.2) is 0 Å². The molecule has 0 aliphatic rings. The molecule has 1 aromatic heterocycles. The molecular formula is C13H11NOS. The van der Waals surface area contributed by atoms with E-state index in [1.807, 2.05) is 36.6 Å². The highest BCUT2D eigenvalue weighted by molar-refractivity contribution is 7.09. The van der Waals surface area contributed by atoms with E-state index in [4.69, 9.17) is 4.74 Å². The number of aryl methyl sites for hydroxylation is 1. The molecule has 0 amide bonds. The number of aromatic nitrogens is 1. The van der Waals surface area contributed by atoms with Crippen LogP contribution in [0.25, 0.3) is 0 Å². The number of hydrogen-bond acceptors (Lipinski definition) is 3. The normalized spacial score (nSPS) is 9.38. The summed E-state index contributed by atoms with van der Waals surface area (Å²) in [5.41, 5.74) is 1.70. The predicted molar refractivity (Wildman–Crippen MR) is 65.8 cm³/mol. The van der Waals surface area contributed by atoms with Crippen LogP contribution in [-0.4, -0.2) is 12.1 Å². The van der Waals surface area contributed by atoms with Gasteiger partial charge in [-0.05, 0) is 25.0 Å². The van der Waals surface area contributed by atoms with Crippen LogP contribution in [-0.2, 0) is 0 Å². The van der Waals surface area contributed by atoms with E-state index in [9.17, 15) is 0 Å². The van der Waals surface area contributed by atoms with Crippen LogP contribution in [0, 0.1) is 18.8 Å². The number of rotatable bonds is 1. The maximum absolute atomic E-state index is 5.22. The van der Waals surface area contributed by atoms with Crippen LogP contribution >= 0.6 is 11.3 Å².